The fourth-order valence-electron chi connectivity index (χ4n) is 2.75. The van der Waals surface area contributed by atoms with E-state index in [-0.39, 0.29) is 42.4 Å². The largest absolute Gasteiger partial charge is 1.00 e. The van der Waals surface area contributed by atoms with E-state index in [9.17, 15) is 9.90 Å². The maximum Gasteiger partial charge on any atom is 1.00 e. The number of aliphatic carboxylic acids is 1. The van der Waals surface area contributed by atoms with Gasteiger partial charge < -0.3 is 25.2 Å². The van der Waals surface area contributed by atoms with Crippen molar-refractivity contribution in [1.29, 1.82) is 0 Å². The summed E-state index contributed by atoms with van der Waals surface area (Å²) >= 11 is 0. The molecule has 0 saturated heterocycles. The summed E-state index contributed by atoms with van der Waals surface area (Å²) in [5.74, 6) is -3.43. The Morgan fingerprint density at radius 1 is 0.625 bits per heavy atom. The normalized spacial score (nSPS) is 11.3. The van der Waals surface area contributed by atoms with E-state index in [0.717, 1.165) is 32.1 Å². The Morgan fingerprint density at radius 3 is 1.21 bits per heavy atom. The second-order valence-electron chi connectivity index (χ2n) is 6.60. The summed E-state index contributed by atoms with van der Waals surface area (Å²) in [6.07, 6.45) is 15.7. The minimum atomic E-state index is -2.49. The third-order valence-electron chi connectivity index (χ3n) is 4.14. The number of unbranched alkanes of at least 4 members (excludes halogenated alkanes) is 13. The number of carboxylic acids is 1. The Morgan fingerprint density at radius 2 is 0.917 bits per heavy atom. The summed E-state index contributed by atoms with van der Waals surface area (Å²) in [4.78, 5) is 10.2. The molecule has 0 aliphatic carbocycles. The van der Waals surface area contributed by atoms with E-state index in [1.807, 2.05) is 0 Å². The van der Waals surface area contributed by atoms with Crippen LogP contribution in [0.5, 0.6) is 0 Å². The summed E-state index contributed by atoms with van der Waals surface area (Å²) in [7, 11) is 0. The maximum absolute atomic E-state index is 10.2. The van der Waals surface area contributed by atoms with Crippen molar-refractivity contribution in [3.05, 3.63) is 0 Å². The molecule has 0 spiro atoms. The average molecular weight is 354 g/mol. The molecule has 0 aliphatic heterocycles. The number of aliphatic hydroxyl groups is 3. The van der Waals surface area contributed by atoms with Crippen molar-refractivity contribution >= 4 is 5.97 Å². The van der Waals surface area contributed by atoms with Gasteiger partial charge in [0.1, 0.15) is 0 Å². The van der Waals surface area contributed by atoms with E-state index in [2.05, 4.69) is 0 Å². The molecule has 3 N–H and O–H groups in total. The molecular formula is C18H35NaO5. The van der Waals surface area contributed by atoms with Gasteiger partial charge in [-0.2, -0.15) is 0 Å². The molecule has 0 bridgehead atoms. The first kappa shape index (κ1) is 26.6. The second-order valence-corrected chi connectivity index (χ2v) is 6.60. The van der Waals surface area contributed by atoms with Gasteiger partial charge >= 0.3 is 29.6 Å². The molecule has 0 aromatic carbocycles. The van der Waals surface area contributed by atoms with Gasteiger partial charge in [-0.25, -0.2) is 0 Å². The Kier molecular flexibility index (Phi) is 20.1. The van der Waals surface area contributed by atoms with E-state index >= 15 is 0 Å². The smallest absolute Gasteiger partial charge is 0.550 e. The van der Waals surface area contributed by atoms with Crippen LogP contribution in [0.25, 0.3) is 0 Å². The van der Waals surface area contributed by atoms with Crippen molar-refractivity contribution in [2.45, 2.75) is 109 Å². The van der Waals surface area contributed by atoms with Crippen LogP contribution in [0.3, 0.4) is 0 Å². The van der Waals surface area contributed by atoms with Crippen molar-refractivity contribution in [2.75, 3.05) is 0 Å². The van der Waals surface area contributed by atoms with Crippen LogP contribution in [0.2, 0.25) is 0 Å². The summed E-state index contributed by atoms with van der Waals surface area (Å²) in [5, 5.41) is 36.4. The van der Waals surface area contributed by atoms with Gasteiger partial charge in [0.25, 0.3) is 5.97 Å². The van der Waals surface area contributed by atoms with E-state index < -0.39 is 11.9 Å². The molecule has 0 aliphatic rings. The zero-order valence-corrected chi connectivity index (χ0v) is 17.5. The molecule has 0 saturated carbocycles. The molecule has 0 aromatic rings. The fourth-order valence-corrected chi connectivity index (χ4v) is 2.75. The molecule has 0 rings (SSSR count). The number of hydrogen-bond acceptors (Lipinski definition) is 5. The van der Waals surface area contributed by atoms with Crippen LogP contribution in [-0.4, -0.2) is 27.3 Å². The molecule has 0 fully saturated rings. The maximum atomic E-state index is 10.2. The number of rotatable bonds is 17. The molecule has 5 nitrogen and oxygen atoms in total. The predicted octanol–water partition coefficient (Wildman–Crippen LogP) is -0.387. The Hall–Kier alpha value is 0.350. The number of hydrogen-bond donors (Lipinski definition) is 3. The monoisotopic (exact) mass is 354 g/mol. The van der Waals surface area contributed by atoms with Crippen LogP contribution >= 0.6 is 0 Å². The zero-order chi connectivity index (χ0) is 17.4. The molecule has 0 atom stereocenters. The van der Waals surface area contributed by atoms with E-state index in [4.69, 9.17) is 15.3 Å². The third kappa shape index (κ3) is 24.6. The number of carboxylic acid groups (broad SMARTS) is 1. The van der Waals surface area contributed by atoms with Gasteiger partial charge in [0, 0.05) is 12.4 Å². The number of carbonyl (C=O) groups is 1. The summed E-state index contributed by atoms with van der Waals surface area (Å²) in [5.41, 5.74) is 0. The minimum Gasteiger partial charge on any atom is -0.550 e. The van der Waals surface area contributed by atoms with Crippen molar-refractivity contribution in [3.63, 3.8) is 0 Å². The summed E-state index contributed by atoms with van der Waals surface area (Å²) in [6.45, 7) is 0. The Balaban J connectivity index is 0. The number of carbonyl (C=O) groups excluding carboxylic acids is 1. The van der Waals surface area contributed by atoms with Crippen LogP contribution in [-0.2, 0) is 4.79 Å². The quantitative estimate of drug-likeness (QED) is 0.188. The second kappa shape index (κ2) is 18.2. The van der Waals surface area contributed by atoms with Gasteiger partial charge in [0.15, 0.2) is 0 Å². The third-order valence-corrected chi connectivity index (χ3v) is 4.14. The van der Waals surface area contributed by atoms with Gasteiger partial charge in [-0.15, -0.1) is 0 Å². The average Bonchev–Trinajstić information content (AvgIpc) is 2.45. The predicted molar refractivity (Wildman–Crippen MR) is 88.3 cm³/mol. The first-order chi connectivity index (χ1) is 10.9. The van der Waals surface area contributed by atoms with Crippen molar-refractivity contribution < 1.29 is 54.8 Å². The molecule has 0 heterocycles. The van der Waals surface area contributed by atoms with Crippen molar-refractivity contribution in [1.82, 2.24) is 0 Å². The Bertz CT molecular complexity index is 279. The molecule has 0 radical (unpaired) electrons. The first-order valence-electron chi connectivity index (χ1n) is 9.29. The van der Waals surface area contributed by atoms with Gasteiger partial charge in [0.2, 0.25) is 0 Å². The summed E-state index contributed by atoms with van der Waals surface area (Å²) in [6, 6.07) is 0. The summed E-state index contributed by atoms with van der Waals surface area (Å²) < 4.78 is 0. The fraction of sp³-hybridized carbons (Fsp3) is 0.944. The standard InChI is InChI=1S/C18H36O5.Na/c19-17(20)15-13-11-9-7-5-3-1-2-4-6-8-10-12-14-16-18(21,22)23;/h21-23H,1-16H2,(H,19,20);/q;+1/p-1. The van der Waals surface area contributed by atoms with Crippen LogP contribution in [0, 0.1) is 0 Å². The molecule has 138 valence electrons. The van der Waals surface area contributed by atoms with E-state index in [0.29, 0.717) is 6.42 Å². The molecule has 6 heteroatoms. The minimum absolute atomic E-state index is 0. The van der Waals surface area contributed by atoms with E-state index in [1.165, 1.54) is 51.4 Å². The van der Waals surface area contributed by atoms with Gasteiger partial charge in [-0.3, -0.25) is 0 Å². The SMILES string of the molecule is O=C([O-])CCCCCCCCCCCCCCCCC(O)(O)O.[Na+]. The molecule has 0 amide bonds. The van der Waals surface area contributed by atoms with E-state index in [1.54, 1.807) is 0 Å². The molecule has 0 unspecified atom stereocenters. The Labute approximate surface area is 169 Å². The zero-order valence-electron chi connectivity index (χ0n) is 15.5. The van der Waals surface area contributed by atoms with Crippen molar-refractivity contribution in [2.24, 2.45) is 0 Å². The topological polar surface area (TPSA) is 101 Å². The van der Waals surface area contributed by atoms with Crippen LogP contribution < -0.4 is 34.7 Å². The first-order valence-corrected chi connectivity index (χ1v) is 9.29. The van der Waals surface area contributed by atoms with Crippen molar-refractivity contribution in [3.8, 4) is 0 Å². The molecule has 24 heavy (non-hydrogen) atoms. The molecule has 0 aromatic heterocycles. The van der Waals surface area contributed by atoms with Gasteiger partial charge in [-0.05, 0) is 19.3 Å². The van der Waals surface area contributed by atoms with Gasteiger partial charge in [0.05, 0.1) is 0 Å². The van der Waals surface area contributed by atoms with Crippen LogP contribution in [0.4, 0.5) is 0 Å². The van der Waals surface area contributed by atoms with Gasteiger partial charge in [-0.1, -0.05) is 77.0 Å². The van der Waals surface area contributed by atoms with Crippen LogP contribution in [0.15, 0.2) is 0 Å². The molecular weight excluding hydrogens is 319 g/mol. The van der Waals surface area contributed by atoms with Crippen LogP contribution in [0.1, 0.15) is 103 Å².